The molecule has 0 radical (unpaired) electrons. The van der Waals surface area contributed by atoms with E-state index in [9.17, 15) is 9.59 Å². The maximum atomic E-state index is 12.8. The van der Waals surface area contributed by atoms with E-state index >= 15 is 0 Å². The van der Waals surface area contributed by atoms with Gasteiger partial charge in [0.2, 0.25) is 11.8 Å². The van der Waals surface area contributed by atoms with Crippen LogP contribution in [0.2, 0.25) is 0 Å². The largest absolute Gasteiger partial charge is 0.369 e. The normalized spacial score (nSPS) is 20.0. The monoisotopic (exact) mass is 378 g/mol. The Morgan fingerprint density at radius 3 is 2.18 bits per heavy atom. The molecule has 0 aliphatic carbocycles. The lowest BCUT2D eigenvalue weighted by Gasteiger charge is -2.42. The summed E-state index contributed by atoms with van der Waals surface area (Å²) in [6, 6.07) is 18.5. The van der Waals surface area contributed by atoms with E-state index in [1.54, 1.807) is 0 Å². The molecule has 4 nitrogen and oxygen atoms in total. The fraction of sp³-hybridized carbons (Fsp3) is 0.417. The summed E-state index contributed by atoms with van der Waals surface area (Å²) in [5.74, 6) is -0.233. The number of benzene rings is 2. The van der Waals surface area contributed by atoms with E-state index in [0.29, 0.717) is 19.5 Å². The fourth-order valence-corrected chi connectivity index (χ4v) is 4.05. The van der Waals surface area contributed by atoms with Gasteiger partial charge in [-0.3, -0.25) is 9.59 Å². The molecule has 1 aliphatic rings. The van der Waals surface area contributed by atoms with Crippen LogP contribution < -0.4 is 5.73 Å². The van der Waals surface area contributed by atoms with Crippen LogP contribution in [0.4, 0.5) is 0 Å². The van der Waals surface area contributed by atoms with E-state index in [4.69, 9.17) is 5.73 Å². The molecule has 0 spiro atoms. The lowest BCUT2D eigenvalue weighted by Crippen LogP contribution is -2.55. The molecular weight excluding hydrogens is 348 g/mol. The Kier molecular flexibility index (Phi) is 5.59. The first-order valence-electron chi connectivity index (χ1n) is 9.95. The van der Waals surface area contributed by atoms with Crippen LogP contribution in [-0.2, 0) is 16.0 Å². The van der Waals surface area contributed by atoms with Gasteiger partial charge in [0.15, 0.2) is 0 Å². The highest BCUT2D eigenvalue weighted by molar-refractivity contribution is 5.85. The van der Waals surface area contributed by atoms with Gasteiger partial charge in [0.1, 0.15) is 0 Å². The molecule has 0 unspecified atom stereocenters. The molecule has 1 atom stereocenters. The van der Waals surface area contributed by atoms with E-state index in [-0.39, 0.29) is 11.8 Å². The number of carbonyl (C=O) groups excluding carboxylic acids is 2. The number of piperidine rings is 1. The van der Waals surface area contributed by atoms with Crippen molar-refractivity contribution in [3.8, 4) is 11.1 Å². The van der Waals surface area contributed by atoms with Gasteiger partial charge in [-0.15, -0.1) is 0 Å². The quantitative estimate of drug-likeness (QED) is 0.873. The van der Waals surface area contributed by atoms with Crippen LogP contribution in [0.5, 0.6) is 0 Å². The number of amides is 2. The SMILES string of the molecule is CC(C)(C)C(=O)N1CCC[C@](Cc2ccc(-c3ccccc3)cc2)(C(N)=O)C1. The van der Waals surface area contributed by atoms with Crippen LogP contribution in [0.15, 0.2) is 54.6 Å². The second-order valence-electron chi connectivity index (χ2n) is 8.96. The van der Waals surface area contributed by atoms with Crippen LogP contribution in [-0.4, -0.2) is 29.8 Å². The Balaban J connectivity index is 1.81. The topological polar surface area (TPSA) is 63.4 Å². The lowest BCUT2D eigenvalue weighted by atomic mass is 9.74. The zero-order chi connectivity index (χ0) is 20.4. The molecule has 2 aromatic carbocycles. The maximum Gasteiger partial charge on any atom is 0.227 e. The zero-order valence-electron chi connectivity index (χ0n) is 17.1. The predicted octanol–water partition coefficient (Wildman–Crippen LogP) is 4.04. The number of primary amides is 1. The minimum Gasteiger partial charge on any atom is -0.369 e. The predicted molar refractivity (Wildman–Crippen MR) is 112 cm³/mol. The smallest absolute Gasteiger partial charge is 0.227 e. The molecule has 2 amide bonds. The third-order valence-corrected chi connectivity index (χ3v) is 5.63. The first kappa shape index (κ1) is 20.1. The van der Waals surface area contributed by atoms with E-state index in [0.717, 1.165) is 24.0 Å². The first-order valence-corrected chi connectivity index (χ1v) is 9.95. The summed E-state index contributed by atoms with van der Waals surface area (Å²) < 4.78 is 0. The molecule has 148 valence electrons. The molecule has 3 rings (SSSR count). The standard InChI is InChI=1S/C24H30N2O2/c1-23(2,3)22(28)26-15-7-14-24(17-26,21(25)27)16-18-10-12-20(13-11-18)19-8-5-4-6-9-19/h4-6,8-13H,7,14-17H2,1-3H3,(H2,25,27)/t24-/m1/s1. The van der Waals surface area contributed by atoms with Crippen molar-refractivity contribution in [3.63, 3.8) is 0 Å². The number of hydrogen-bond acceptors (Lipinski definition) is 2. The molecule has 4 heteroatoms. The van der Waals surface area contributed by atoms with Gasteiger partial charge in [-0.2, -0.15) is 0 Å². The van der Waals surface area contributed by atoms with Crippen molar-refractivity contribution in [1.82, 2.24) is 4.90 Å². The molecule has 0 bridgehead atoms. The minimum atomic E-state index is -0.701. The number of likely N-dealkylation sites (tertiary alicyclic amines) is 1. The number of nitrogens with zero attached hydrogens (tertiary/aromatic N) is 1. The summed E-state index contributed by atoms with van der Waals surface area (Å²) in [5.41, 5.74) is 8.09. The van der Waals surface area contributed by atoms with Crippen molar-refractivity contribution in [3.05, 3.63) is 60.2 Å². The average molecular weight is 379 g/mol. The Morgan fingerprint density at radius 1 is 1.00 bits per heavy atom. The summed E-state index contributed by atoms with van der Waals surface area (Å²) in [7, 11) is 0. The zero-order valence-corrected chi connectivity index (χ0v) is 17.1. The van der Waals surface area contributed by atoms with Crippen molar-refractivity contribution in [1.29, 1.82) is 0 Å². The summed E-state index contributed by atoms with van der Waals surface area (Å²) in [6.07, 6.45) is 2.08. The highest BCUT2D eigenvalue weighted by Gasteiger charge is 2.43. The Bertz CT molecular complexity index is 837. The fourth-order valence-electron chi connectivity index (χ4n) is 4.05. The molecule has 28 heavy (non-hydrogen) atoms. The second-order valence-corrected chi connectivity index (χ2v) is 8.96. The summed E-state index contributed by atoms with van der Waals surface area (Å²) >= 11 is 0. The van der Waals surface area contributed by atoms with Crippen molar-refractivity contribution in [2.24, 2.45) is 16.6 Å². The average Bonchev–Trinajstić information content (AvgIpc) is 2.68. The van der Waals surface area contributed by atoms with Crippen molar-refractivity contribution in [2.45, 2.75) is 40.0 Å². The second kappa shape index (κ2) is 7.78. The minimum absolute atomic E-state index is 0.0808. The number of nitrogens with two attached hydrogens (primary N) is 1. The van der Waals surface area contributed by atoms with Gasteiger partial charge >= 0.3 is 0 Å². The van der Waals surface area contributed by atoms with E-state index in [2.05, 4.69) is 36.4 Å². The summed E-state index contributed by atoms with van der Waals surface area (Å²) in [4.78, 5) is 27.1. The molecule has 2 N–H and O–H groups in total. The molecule has 1 heterocycles. The molecule has 0 saturated carbocycles. The van der Waals surface area contributed by atoms with Gasteiger partial charge in [0.25, 0.3) is 0 Å². The van der Waals surface area contributed by atoms with E-state index in [1.807, 2.05) is 43.9 Å². The number of carbonyl (C=O) groups is 2. The third-order valence-electron chi connectivity index (χ3n) is 5.63. The van der Waals surface area contributed by atoms with Crippen LogP contribution >= 0.6 is 0 Å². The lowest BCUT2D eigenvalue weighted by molar-refractivity contribution is -0.146. The molecule has 1 aliphatic heterocycles. The molecule has 1 fully saturated rings. The highest BCUT2D eigenvalue weighted by atomic mass is 16.2. The van der Waals surface area contributed by atoms with Gasteiger partial charge in [0, 0.05) is 18.5 Å². The highest BCUT2D eigenvalue weighted by Crippen LogP contribution is 2.35. The van der Waals surface area contributed by atoms with Gasteiger partial charge in [0.05, 0.1) is 5.41 Å². The van der Waals surface area contributed by atoms with Gasteiger partial charge < -0.3 is 10.6 Å². The summed E-state index contributed by atoms with van der Waals surface area (Å²) in [6.45, 7) is 6.84. The molecule has 1 saturated heterocycles. The Labute approximate surface area is 167 Å². The Morgan fingerprint density at radius 2 is 1.61 bits per heavy atom. The molecular formula is C24H30N2O2. The van der Waals surface area contributed by atoms with Crippen LogP contribution in [0.3, 0.4) is 0 Å². The van der Waals surface area contributed by atoms with Gasteiger partial charge in [-0.05, 0) is 36.0 Å². The first-order chi connectivity index (χ1) is 13.2. The number of rotatable bonds is 4. The van der Waals surface area contributed by atoms with Crippen molar-refractivity contribution >= 4 is 11.8 Å². The van der Waals surface area contributed by atoms with E-state index < -0.39 is 10.8 Å². The maximum absolute atomic E-state index is 12.8. The molecule has 0 aromatic heterocycles. The Hall–Kier alpha value is -2.62. The molecule has 2 aromatic rings. The van der Waals surface area contributed by atoms with Crippen LogP contribution in [0, 0.1) is 10.8 Å². The van der Waals surface area contributed by atoms with Crippen molar-refractivity contribution in [2.75, 3.05) is 13.1 Å². The van der Waals surface area contributed by atoms with E-state index in [1.165, 1.54) is 5.56 Å². The van der Waals surface area contributed by atoms with Gasteiger partial charge in [-0.1, -0.05) is 75.4 Å². The summed E-state index contributed by atoms with van der Waals surface area (Å²) in [5, 5.41) is 0. The van der Waals surface area contributed by atoms with Crippen molar-refractivity contribution < 1.29 is 9.59 Å². The third kappa shape index (κ3) is 4.27. The van der Waals surface area contributed by atoms with Gasteiger partial charge in [-0.25, -0.2) is 0 Å². The van der Waals surface area contributed by atoms with Crippen LogP contribution in [0.25, 0.3) is 11.1 Å². The van der Waals surface area contributed by atoms with Crippen LogP contribution in [0.1, 0.15) is 39.2 Å². The number of hydrogen-bond donors (Lipinski definition) is 1.